The molecule has 1 N–H and O–H groups in total. The van der Waals surface area contributed by atoms with E-state index in [0.717, 1.165) is 18.4 Å². The molecule has 1 heterocycles. The highest BCUT2D eigenvalue weighted by molar-refractivity contribution is 5.78. The number of rotatable bonds is 5. The summed E-state index contributed by atoms with van der Waals surface area (Å²) in [5.74, 6) is 0.111. The molecule has 0 atom stereocenters. The molecule has 1 aliphatic rings. The molecule has 0 bridgehead atoms. The van der Waals surface area contributed by atoms with E-state index in [9.17, 15) is 4.79 Å². The summed E-state index contributed by atoms with van der Waals surface area (Å²) < 4.78 is 5.49. The average Bonchev–Trinajstić information content (AvgIpc) is 2.54. The molecule has 0 aromatic heterocycles. The molecule has 0 spiro atoms. The number of benzene rings is 1. The zero-order valence-electron chi connectivity index (χ0n) is 12.0. The molecular formula is C16H20N2O3. The molecule has 0 unspecified atom stereocenters. The van der Waals surface area contributed by atoms with Crippen molar-refractivity contribution in [3.8, 4) is 6.07 Å². The summed E-state index contributed by atoms with van der Waals surface area (Å²) in [6.45, 7) is 1.80. The van der Waals surface area contributed by atoms with E-state index in [2.05, 4.69) is 6.07 Å². The van der Waals surface area contributed by atoms with Crippen LogP contribution in [-0.2, 0) is 16.0 Å². The number of carbonyl (C=O) groups is 1. The lowest BCUT2D eigenvalue weighted by molar-refractivity contribution is -0.133. The van der Waals surface area contributed by atoms with Crippen molar-refractivity contribution in [3.05, 3.63) is 35.4 Å². The molecular weight excluding hydrogens is 268 g/mol. The molecule has 1 aromatic carbocycles. The topological polar surface area (TPSA) is 73.6 Å². The minimum atomic E-state index is 0.0395. The molecule has 1 aromatic rings. The summed E-state index contributed by atoms with van der Waals surface area (Å²) >= 11 is 0. The highest BCUT2D eigenvalue weighted by Crippen LogP contribution is 2.15. The van der Waals surface area contributed by atoms with Gasteiger partial charge in [0.25, 0.3) is 0 Å². The molecule has 1 aliphatic heterocycles. The van der Waals surface area contributed by atoms with Gasteiger partial charge in [-0.3, -0.25) is 4.79 Å². The molecule has 5 nitrogen and oxygen atoms in total. The van der Waals surface area contributed by atoms with Crippen LogP contribution < -0.4 is 0 Å². The molecule has 1 amide bonds. The van der Waals surface area contributed by atoms with Gasteiger partial charge in [0.2, 0.25) is 5.91 Å². The minimum Gasteiger partial charge on any atom is -0.394 e. The van der Waals surface area contributed by atoms with Crippen molar-refractivity contribution in [2.45, 2.75) is 25.4 Å². The third-order valence-corrected chi connectivity index (χ3v) is 3.68. The first-order valence-electron chi connectivity index (χ1n) is 7.22. The summed E-state index contributed by atoms with van der Waals surface area (Å²) in [7, 11) is 0. The lowest BCUT2D eigenvalue weighted by Gasteiger charge is -2.32. The highest BCUT2D eigenvalue weighted by atomic mass is 16.5. The molecule has 2 rings (SSSR count). The van der Waals surface area contributed by atoms with Gasteiger partial charge in [0, 0.05) is 13.1 Å². The highest BCUT2D eigenvalue weighted by Gasteiger charge is 2.23. The fourth-order valence-corrected chi connectivity index (χ4v) is 2.47. The normalized spacial score (nSPS) is 15.7. The predicted octanol–water partition coefficient (Wildman–Crippen LogP) is 1.10. The number of ether oxygens (including phenoxy) is 1. The van der Waals surface area contributed by atoms with Gasteiger partial charge in [-0.05, 0) is 30.5 Å². The van der Waals surface area contributed by atoms with Crippen LogP contribution in [-0.4, -0.2) is 48.3 Å². The second-order valence-corrected chi connectivity index (χ2v) is 5.16. The van der Waals surface area contributed by atoms with Gasteiger partial charge < -0.3 is 14.7 Å². The van der Waals surface area contributed by atoms with E-state index in [1.54, 1.807) is 12.1 Å². The van der Waals surface area contributed by atoms with Crippen molar-refractivity contribution < 1.29 is 14.6 Å². The van der Waals surface area contributed by atoms with Crippen LogP contribution in [0, 0.1) is 11.3 Å². The van der Waals surface area contributed by atoms with E-state index in [0.29, 0.717) is 31.7 Å². The molecule has 1 saturated heterocycles. The first-order chi connectivity index (χ1) is 10.2. The zero-order chi connectivity index (χ0) is 15.1. The maximum Gasteiger partial charge on any atom is 0.226 e. The maximum atomic E-state index is 12.2. The third-order valence-electron chi connectivity index (χ3n) is 3.68. The van der Waals surface area contributed by atoms with Gasteiger partial charge in [-0.2, -0.15) is 5.26 Å². The van der Waals surface area contributed by atoms with Crippen molar-refractivity contribution in [1.82, 2.24) is 4.90 Å². The average molecular weight is 288 g/mol. The summed E-state index contributed by atoms with van der Waals surface area (Å²) in [5, 5.41) is 17.5. The van der Waals surface area contributed by atoms with Crippen LogP contribution >= 0.6 is 0 Å². The number of aliphatic hydroxyl groups excluding tert-OH is 1. The Morgan fingerprint density at radius 1 is 1.33 bits per heavy atom. The van der Waals surface area contributed by atoms with Crippen molar-refractivity contribution in [3.63, 3.8) is 0 Å². The Labute approximate surface area is 124 Å². The molecule has 0 radical (unpaired) electrons. The van der Waals surface area contributed by atoms with Crippen LogP contribution in [0.4, 0.5) is 0 Å². The van der Waals surface area contributed by atoms with Crippen LogP contribution in [0.25, 0.3) is 0 Å². The van der Waals surface area contributed by atoms with Crippen LogP contribution in [0.15, 0.2) is 24.3 Å². The molecule has 1 fully saturated rings. The number of nitrogens with zero attached hydrogens (tertiary/aromatic N) is 2. The smallest absolute Gasteiger partial charge is 0.226 e. The number of amides is 1. The molecule has 21 heavy (non-hydrogen) atoms. The second-order valence-electron chi connectivity index (χ2n) is 5.16. The van der Waals surface area contributed by atoms with Gasteiger partial charge in [-0.15, -0.1) is 0 Å². The Morgan fingerprint density at radius 2 is 2.00 bits per heavy atom. The van der Waals surface area contributed by atoms with E-state index in [-0.39, 0.29) is 18.6 Å². The summed E-state index contributed by atoms with van der Waals surface area (Å²) in [4.78, 5) is 14.1. The van der Waals surface area contributed by atoms with E-state index >= 15 is 0 Å². The lowest BCUT2D eigenvalue weighted by atomic mass is 10.1. The standard InChI is InChI=1S/C16H20N2O3/c17-12-14-3-1-13(2-4-14)11-16(20)18-7-5-15(6-8-18)21-10-9-19/h1-4,15,19H,5-11H2. The fourth-order valence-electron chi connectivity index (χ4n) is 2.47. The number of hydrogen-bond donors (Lipinski definition) is 1. The Balaban J connectivity index is 1.80. The van der Waals surface area contributed by atoms with Gasteiger partial charge in [-0.1, -0.05) is 12.1 Å². The van der Waals surface area contributed by atoms with Crippen LogP contribution in [0.3, 0.4) is 0 Å². The first-order valence-corrected chi connectivity index (χ1v) is 7.22. The number of aliphatic hydroxyl groups is 1. The Bertz CT molecular complexity index is 499. The van der Waals surface area contributed by atoms with Crippen molar-refractivity contribution in [2.24, 2.45) is 0 Å². The van der Waals surface area contributed by atoms with Gasteiger partial charge >= 0.3 is 0 Å². The number of piperidine rings is 1. The minimum absolute atomic E-state index is 0.0395. The van der Waals surface area contributed by atoms with Gasteiger partial charge in [-0.25, -0.2) is 0 Å². The Kier molecular flexibility index (Phi) is 5.73. The number of hydrogen-bond acceptors (Lipinski definition) is 4. The van der Waals surface area contributed by atoms with E-state index in [1.165, 1.54) is 0 Å². The summed E-state index contributed by atoms with van der Waals surface area (Å²) in [5.41, 5.74) is 1.53. The van der Waals surface area contributed by atoms with Crippen LogP contribution in [0.2, 0.25) is 0 Å². The van der Waals surface area contributed by atoms with Gasteiger partial charge in [0.05, 0.1) is 37.4 Å². The Morgan fingerprint density at radius 3 is 2.57 bits per heavy atom. The maximum absolute atomic E-state index is 12.2. The third kappa shape index (κ3) is 4.55. The number of nitriles is 1. The van der Waals surface area contributed by atoms with Crippen LogP contribution in [0.5, 0.6) is 0 Å². The zero-order valence-corrected chi connectivity index (χ0v) is 12.0. The largest absolute Gasteiger partial charge is 0.394 e. The molecule has 5 heteroatoms. The quantitative estimate of drug-likeness (QED) is 0.880. The second kappa shape index (κ2) is 7.77. The monoisotopic (exact) mass is 288 g/mol. The molecule has 112 valence electrons. The Hall–Kier alpha value is -1.90. The lowest BCUT2D eigenvalue weighted by Crippen LogP contribution is -2.41. The number of likely N-dealkylation sites (tertiary alicyclic amines) is 1. The van der Waals surface area contributed by atoms with Gasteiger partial charge in [0.1, 0.15) is 0 Å². The number of carbonyl (C=O) groups excluding carboxylic acids is 1. The predicted molar refractivity (Wildman–Crippen MR) is 77.5 cm³/mol. The van der Waals surface area contributed by atoms with Crippen molar-refractivity contribution >= 4 is 5.91 Å². The molecule has 0 aliphatic carbocycles. The summed E-state index contributed by atoms with van der Waals surface area (Å²) in [6, 6.07) is 9.19. The fraction of sp³-hybridized carbons (Fsp3) is 0.500. The van der Waals surface area contributed by atoms with Gasteiger partial charge in [0.15, 0.2) is 0 Å². The van der Waals surface area contributed by atoms with Crippen LogP contribution in [0.1, 0.15) is 24.0 Å². The van der Waals surface area contributed by atoms with Crippen molar-refractivity contribution in [1.29, 1.82) is 5.26 Å². The first kappa shape index (κ1) is 15.5. The van der Waals surface area contributed by atoms with E-state index in [1.807, 2.05) is 17.0 Å². The summed E-state index contributed by atoms with van der Waals surface area (Å²) in [6.07, 6.45) is 2.16. The van der Waals surface area contributed by atoms with E-state index < -0.39 is 0 Å². The van der Waals surface area contributed by atoms with E-state index in [4.69, 9.17) is 15.1 Å². The SMILES string of the molecule is N#Cc1ccc(CC(=O)N2CCC(OCCO)CC2)cc1. The molecule has 0 saturated carbocycles. The van der Waals surface area contributed by atoms with Crippen molar-refractivity contribution in [2.75, 3.05) is 26.3 Å².